The number of carbonyl (C=O) groups is 1. The van der Waals surface area contributed by atoms with Crippen molar-refractivity contribution in [3.05, 3.63) is 59.1 Å². The molecule has 0 heterocycles. The van der Waals surface area contributed by atoms with E-state index in [0.717, 1.165) is 5.06 Å². The van der Waals surface area contributed by atoms with Crippen LogP contribution in [0, 0.1) is 0 Å². The van der Waals surface area contributed by atoms with Gasteiger partial charge in [-0.05, 0) is 42.5 Å². The van der Waals surface area contributed by atoms with Crippen LogP contribution in [0.4, 0.5) is 5.69 Å². The lowest BCUT2D eigenvalue weighted by Crippen LogP contribution is -2.25. The van der Waals surface area contributed by atoms with Crippen molar-refractivity contribution in [3.63, 3.8) is 0 Å². The first kappa shape index (κ1) is 17.3. The number of amides is 1. The topological polar surface area (TPSA) is 75.7 Å². The van der Waals surface area contributed by atoms with Crippen molar-refractivity contribution < 1.29 is 18.0 Å². The quantitative estimate of drug-likeness (QED) is 0.838. The van der Waals surface area contributed by atoms with E-state index < -0.39 is 15.9 Å². The molecular weight excluding hydrogens is 340 g/mol. The number of nitrogens with one attached hydrogen (secondary N) is 1. The van der Waals surface area contributed by atoms with Crippen LogP contribution in [0.5, 0.6) is 0 Å². The summed E-state index contributed by atoms with van der Waals surface area (Å²) in [7, 11) is -1.03. The molecule has 0 aliphatic rings. The molecule has 6 nitrogen and oxygen atoms in total. The highest BCUT2D eigenvalue weighted by atomic mass is 35.5. The Morgan fingerprint density at radius 2 is 1.83 bits per heavy atom. The molecule has 0 spiro atoms. The molecule has 8 heteroatoms. The van der Waals surface area contributed by atoms with E-state index in [1.54, 1.807) is 24.3 Å². The molecule has 0 aliphatic heterocycles. The number of rotatable bonds is 5. The van der Waals surface area contributed by atoms with Gasteiger partial charge in [0.1, 0.15) is 0 Å². The summed E-state index contributed by atoms with van der Waals surface area (Å²) < 4.78 is 27.2. The largest absolute Gasteiger partial charge is 0.280 e. The third-order valence-corrected chi connectivity index (χ3v) is 4.68. The van der Waals surface area contributed by atoms with Crippen LogP contribution in [0.25, 0.3) is 0 Å². The van der Waals surface area contributed by atoms with E-state index in [4.69, 9.17) is 16.4 Å². The van der Waals surface area contributed by atoms with Gasteiger partial charge in [-0.2, -0.15) is 0 Å². The Kier molecular flexibility index (Phi) is 5.25. The fraction of sp³-hybridized carbons (Fsp3) is 0.133. The van der Waals surface area contributed by atoms with E-state index in [1.807, 2.05) is 0 Å². The van der Waals surface area contributed by atoms with Gasteiger partial charge in [0.2, 0.25) is 0 Å². The summed E-state index contributed by atoms with van der Waals surface area (Å²) in [4.78, 5) is 16.8. The zero-order valence-electron chi connectivity index (χ0n) is 12.5. The first-order valence-corrected chi connectivity index (χ1v) is 8.40. The third-order valence-electron chi connectivity index (χ3n) is 3.05. The van der Waals surface area contributed by atoms with E-state index in [2.05, 4.69) is 4.72 Å². The first-order valence-electron chi connectivity index (χ1n) is 6.54. The van der Waals surface area contributed by atoms with Crippen molar-refractivity contribution in [2.45, 2.75) is 4.90 Å². The Morgan fingerprint density at radius 1 is 1.17 bits per heavy atom. The van der Waals surface area contributed by atoms with E-state index in [1.165, 1.54) is 38.4 Å². The second kappa shape index (κ2) is 6.99. The summed E-state index contributed by atoms with van der Waals surface area (Å²) in [6.07, 6.45) is 0. The number of hydrogen-bond donors (Lipinski definition) is 1. The Labute approximate surface area is 139 Å². The van der Waals surface area contributed by atoms with Crippen LogP contribution in [0.2, 0.25) is 5.02 Å². The fourth-order valence-electron chi connectivity index (χ4n) is 1.79. The Hall–Kier alpha value is -2.09. The van der Waals surface area contributed by atoms with Gasteiger partial charge >= 0.3 is 0 Å². The smallest absolute Gasteiger partial charge is 0.277 e. The second-order valence-electron chi connectivity index (χ2n) is 4.63. The summed E-state index contributed by atoms with van der Waals surface area (Å²) in [5.41, 5.74) is 0.577. The maximum absolute atomic E-state index is 12.4. The maximum Gasteiger partial charge on any atom is 0.277 e. The number of sulfonamides is 1. The molecule has 0 saturated carbocycles. The first-order chi connectivity index (χ1) is 10.8. The molecule has 0 atom stereocenters. The molecule has 0 radical (unpaired) electrons. The number of hydrogen-bond acceptors (Lipinski definition) is 4. The second-order valence-corrected chi connectivity index (χ2v) is 6.74. The van der Waals surface area contributed by atoms with Crippen molar-refractivity contribution in [3.8, 4) is 0 Å². The molecule has 0 aromatic heterocycles. The molecule has 1 N–H and O–H groups in total. The molecule has 0 saturated heterocycles. The molecule has 2 rings (SSSR count). The summed E-state index contributed by atoms with van der Waals surface area (Å²) >= 11 is 5.77. The molecule has 122 valence electrons. The van der Waals surface area contributed by atoms with Gasteiger partial charge in [-0.1, -0.05) is 17.7 Å². The van der Waals surface area contributed by atoms with Crippen molar-refractivity contribution in [2.75, 3.05) is 18.9 Å². The van der Waals surface area contributed by atoms with E-state index in [0.29, 0.717) is 10.7 Å². The lowest BCUT2D eigenvalue weighted by molar-refractivity contribution is -0.0757. The van der Waals surface area contributed by atoms with Gasteiger partial charge in [0.15, 0.2) is 0 Å². The number of anilines is 1. The highest BCUT2D eigenvalue weighted by Gasteiger charge is 2.18. The molecular formula is C15H15ClN2O4S. The molecule has 1 amide bonds. The van der Waals surface area contributed by atoms with Crippen LogP contribution in [-0.4, -0.2) is 33.5 Å². The highest BCUT2D eigenvalue weighted by Crippen LogP contribution is 2.19. The predicted molar refractivity (Wildman–Crippen MR) is 87.8 cm³/mol. The number of benzene rings is 2. The van der Waals surface area contributed by atoms with Gasteiger partial charge in [0.05, 0.1) is 12.0 Å². The van der Waals surface area contributed by atoms with Gasteiger partial charge < -0.3 is 0 Å². The highest BCUT2D eigenvalue weighted by molar-refractivity contribution is 7.92. The maximum atomic E-state index is 12.4. The zero-order chi connectivity index (χ0) is 17.0. The average molecular weight is 355 g/mol. The number of carbonyl (C=O) groups excluding carboxylic acids is 1. The number of nitrogens with zero attached hydrogens (tertiary/aromatic N) is 1. The minimum atomic E-state index is -3.82. The standard InChI is InChI=1S/C15H15ClN2O4S/c1-18(22-2)15(19)11-4-3-5-14(10-11)23(20,21)17-13-8-6-12(16)7-9-13/h3-10,17H,1-2H3. The molecule has 0 fully saturated rings. The number of halogens is 1. The molecule has 0 aliphatic carbocycles. The van der Waals surface area contributed by atoms with Gasteiger partial charge in [-0.3, -0.25) is 14.4 Å². The van der Waals surface area contributed by atoms with Gasteiger partial charge in [0.25, 0.3) is 15.9 Å². The lowest BCUT2D eigenvalue weighted by Gasteiger charge is -2.14. The summed E-state index contributed by atoms with van der Waals surface area (Å²) in [6.45, 7) is 0. The van der Waals surface area contributed by atoms with E-state index in [9.17, 15) is 13.2 Å². The number of hydroxylamine groups is 2. The molecule has 0 bridgehead atoms. The van der Waals surface area contributed by atoms with Crippen LogP contribution in [0.3, 0.4) is 0 Å². The Balaban J connectivity index is 2.29. The van der Waals surface area contributed by atoms with Gasteiger partial charge in [-0.15, -0.1) is 0 Å². The van der Waals surface area contributed by atoms with Crippen molar-refractivity contribution in [2.24, 2.45) is 0 Å². The van der Waals surface area contributed by atoms with E-state index >= 15 is 0 Å². The summed E-state index contributed by atoms with van der Waals surface area (Å²) in [5, 5.41) is 1.52. The Morgan fingerprint density at radius 3 is 2.43 bits per heavy atom. The fourth-order valence-corrected chi connectivity index (χ4v) is 3.02. The van der Waals surface area contributed by atoms with Crippen LogP contribution < -0.4 is 4.72 Å². The van der Waals surface area contributed by atoms with Gasteiger partial charge in [0, 0.05) is 23.3 Å². The lowest BCUT2D eigenvalue weighted by atomic mass is 10.2. The van der Waals surface area contributed by atoms with Crippen LogP contribution in [-0.2, 0) is 14.9 Å². The zero-order valence-corrected chi connectivity index (χ0v) is 14.1. The minimum absolute atomic E-state index is 0.0252. The molecule has 2 aromatic rings. The van der Waals surface area contributed by atoms with Crippen LogP contribution in [0.15, 0.2) is 53.4 Å². The minimum Gasteiger partial charge on any atom is -0.280 e. The molecule has 0 unspecified atom stereocenters. The summed E-state index contributed by atoms with van der Waals surface area (Å²) in [6, 6.07) is 11.9. The monoisotopic (exact) mass is 354 g/mol. The Bertz CT molecular complexity index is 806. The van der Waals surface area contributed by atoms with Crippen molar-refractivity contribution in [1.29, 1.82) is 0 Å². The molecule has 2 aromatic carbocycles. The van der Waals surface area contributed by atoms with Gasteiger partial charge in [-0.25, -0.2) is 13.5 Å². The summed E-state index contributed by atoms with van der Waals surface area (Å²) in [5.74, 6) is -0.448. The SMILES string of the molecule is CON(C)C(=O)c1cccc(S(=O)(=O)Nc2ccc(Cl)cc2)c1. The third kappa shape index (κ3) is 4.22. The van der Waals surface area contributed by atoms with Crippen LogP contribution >= 0.6 is 11.6 Å². The molecule has 23 heavy (non-hydrogen) atoms. The van der Waals surface area contributed by atoms with Crippen molar-refractivity contribution in [1.82, 2.24) is 5.06 Å². The van der Waals surface area contributed by atoms with Crippen LogP contribution in [0.1, 0.15) is 10.4 Å². The van der Waals surface area contributed by atoms with E-state index in [-0.39, 0.29) is 10.5 Å². The average Bonchev–Trinajstić information content (AvgIpc) is 2.55. The van der Waals surface area contributed by atoms with Crippen molar-refractivity contribution >= 4 is 33.2 Å². The predicted octanol–water partition coefficient (Wildman–Crippen LogP) is 2.77. The normalized spacial score (nSPS) is 11.1.